The molecule has 1 aromatic carbocycles. The van der Waals surface area contributed by atoms with Crippen LogP contribution in [0.25, 0.3) is 0 Å². The molecule has 0 unspecified atom stereocenters. The van der Waals surface area contributed by atoms with Crippen LogP contribution in [0.3, 0.4) is 0 Å². The topological polar surface area (TPSA) is 58.4 Å². The van der Waals surface area contributed by atoms with Crippen LogP contribution in [0.4, 0.5) is 10.1 Å². The van der Waals surface area contributed by atoms with Crippen LogP contribution in [0.5, 0.6) is 0 Å². The molecule has 0 atom stereocenters. The molecule has 1 aromatic rings. The predicted octanol–water partition coefficient (Wildman–Crippen LogP) is 2.26. The minimum Gasteiger partial charge on any atom is -0.398 e. The van der Waals surface area contributed by atoms with E-state index in [0.29, 0.717) is 24.2 Å². The molecular formula is C15H24FN3O. The van der Waals surface area contributed by atoms with E-state index in [-0.39, 0.29) is 11.6 Å². The largest absolute Gasteiger partial charge is 0.398 e. The second kappa shape index (κ2) is 7.24. The third kappa shape index (κ3) is 4.49. The van der Waals surface area contributed by atoms with Crippen LogP contribution in [0.15, 0.2) is 18.2 Å². The Bertz CT molecular complexity index is 452. The molecular weight excluding hydrogens is 257 g/mol. The fraction of sp³-hybridized carbons (Fsp3) is 0.533. The summed E-state index contributed by atoms with van der Waals surface area (Å²) in [6, 6.07) is 4.64. The molecule has 5 heteroatoms. The number of hydrogen-bond acceptors (Lipinski definition) is 3. The number of rotatable bonds is 6. The second-order valence-electron chi connectivity index (χ2n) is 5.41. The van der Waals surface area contributed by atoms with Crippen LogP contribution in [-0.4, -0.2) is 36.0 Å². The maximum absolute atomic E-state index is 12.9. The summed E-state index contributed by atoms with van der Waals surface area (Å²) in [7, 11) is 0. The van der Waals surface area contributed by atoms with E-state index in [1.165, 1.54) is 12.1 Å². The third-order valence-electron chi connectivity index (χ3n) is 3.24. The SMILES string of the molecule is CC(C)N(CCNC(=O)c1ccc(F)cc1N)C(C)C. The van der Waals surface area contributed by atoms with E-state index in [1.807, 2.05) is 0 Å². The molecule has 0 fully saturated rings. The van der Waals surface area contributed by atoms with Crippen LogP contribution in [0.2, 0.25) is 0 Å². The molecule has 0 heterocycles. The lowest BCUT2D eigenvalue weighted by Gasteiger charge is -2.30. The van der Waals surface area contributed by atoms with Gasteiger partial charge in [-0.05, 0) is 45.9 Å². The van der Waals surface area contributed by atoms with Gasteiger partial charge in [0.15, 0.2) is 0 Å². The normalized spacial score (nSPS) is 11.4. The molecule has 0 radical (unpaired) electrons. The van der Waals surface area contributed by atoms with Crippen molar-refractivity contribution in [3.8, 4) is 0 Å². The maximum Gasteiger partial charge on any atom is 0.253 e. The van der Waals surface area contributed by atoms with Gasteiger partial charge in [-0.3, -0.25) is 9.69 Å². The summed E-state index contributed by atoms with van der Waals surface area (Å²) in [6.07, 6.45) is 0. The van der Waals surface area contributed by atoms with Crippen molar-refractivity contribution in [1.29, 1.82) is 0 Å². The van der Waals surface area contributed by atoms with Gasteiger partial charge in [0, 0.05) is 30.9 Å². The van der Waals surface area contributed by atoms with E-state index in [0.717, 1.165) is 12.6 Å². The van der Waals surface area contributed by atoms with Crippen molar-refractivity contribution < 1.29 is 9.18 Å². The Labute approximate surface area is 120 Å². The highest BCUT2D eigenvalue weighted by atomic mass is 19.1. The highest BCUT2D eigenvalue weighted by Crippen LogP contribution is 2.13. The van der Waals surface area contributed by atoms with Crippen molar-refractivity contribution in [1.82, 2.24) is 10.2 Å². The standard InChI is InChI=1S/C15H24FN3O/c1-10(2)19(11(3)4)8-7-18-15(20)13-6-5-12(16)9-14(13)17/h5-6,9-11H,7-8,17H2,1-4H3,(H,18,20). The molecule has 1 amide bonds. The number of hydrogen-bond donors (Lipinski definition) is 2. The Kier molecular flexibility index (Phi) is 5.95. The first-order valence-electron chi connectivity index (χ1n) is 6.92. The van der Waals surface area contributed by atoms with E-state index in [9.17, 15) is 9.18 Å². The minimum absolute atomic E-state index is 0.159. The van der Waals surface area contributed by atoms with Gasteiger partial charge in [0.2, 0.25) is 0 Å². The Morgan fingerprint density at radius 2 is 1.90 bits per heavy atom. The molecule has 3 N–H and O–H groups in total. The van der Waals surface area contributed by atoms with Crippen LogP contribution in [-0.2, 0) is 0 Å². The quantitative estimate of drug-likeness (QED) is 0.786. The Hall–Kier alpha value is -1.62. The average Bonchev–Trinajstić information content (AvgIpc) is 2.33. The number of amides is 1. The fourth-order valence-corrected chi connectivity index (χ4v) is 2.25. The van der Waals surface area contributed by atoms with Crippen LogP contribution >= 0.6 is 0 Å². The number of benzene rings is 1. The van der Waals surface area contributed by atoms with Gasteiger partial charge in [-0.1, -0.05) is 0 Å². The van der Waals surface area contributed by atoms with Gasteiger partial charge in [0.1, 0.15) is 5.82 Å². The highest BCUT2D eigenvalue weighted by Gasteiger charge is 2.14. The molecule has 0 spiro atoms. The number of anilines is 1. The van der Waals surface area contributed by atoms with Crippen LogP contribution in [0.1, 0.15) is 38.1 Å². The average molecular weight is 281 g/mol. The Balaban J connectivity index is 2.55. The molecule has 0 aliphatic rings. The monoisotopic (exact) mass is 281 g/mol. The molecule has 112 valence electrons. The number of nitrogen functional groups attached to an aromatic ring is 1. The van der Waals surface area contributed by atoms with Crippen molar-refractivity contribution in [2.45, 2.75) is 39.8 Å². The van der Waals surface area contributed by atoms with Gasteiger partial charge in [0.25, 0.3) is 5.91 Å². The predicted molar refractivity (Wildman–Crippen MR) is 80.1 cm³/mol. The molecule has 4 nitrogen and oxygen atoms in total. The van der Waals surface area contributed by atoms with Gasteiger partial charge in [-0.25, -0.2) is 4.39 Å². The summed E-state index contributed by atoms with van der Waals surface area (Å²) < 4.78 is 12.9. The van der Waals surface area contributed by atoms with Crippen molar-refractivity contribution in [2.75, 3.05) is 18.8 Å². The number of carbonyl (C=O) groups is 1. The number of nitrogens with zero attached hydrogens (tertiary/aromatic N) is 1. The molecule has 0 bridgehead atoms. The first-order chi connectivity index (χ1) is 9.32. The van der Waals surface area contributed by atoms with Crippen molar-refractivity contribution in [3.05, 3.63) is 29.6 Å². The van der Waals surface area contributed by atoms with E-state index in [2.05, 4.69) is 37.9 Å². The van der Waals surface area contributed by atoms with Gasteiger partial charge in [-0.2, -0.15) is 0 Å². The molecule has 0 aliphatic carbocycles. The van der Waals surface area contributed by atoms with Gasteiger partial charge in [-0.15, -0.1) is 0 Å². The first-order valence-corrected chi connectivity index (χ1v) is 6.92. The van der Waals surface area contributed by atoms with Crippen LogP contribution < -0.4 is 11.1 Å². The molecule has 0 aliphatic heterocycles. The summed E-state index contributed by atoms with van der Waals surface area (Å²) in [5.41, 5.74) is 6.11. The lowest BCUT2D eigenvalue weighted by molar-refractivity contribution is 0.0940. The van der Waals surface area contributed by atoms with E-state index >= 15 is 0 Å². The molecule has 0 saturated carbocycles. The Morgan fingerprint density at radius 3 is 2.40 bits per heavy atom. The smallest absolute Gasteiger partial charge is 0.253 e. The van der Waals surface area contributed by atoms with Crippen molar-refractivity contribution in [3.63, 3.8) is 0 Å². The van der Waals surface area contributed by atoms with Gasteiger partial charge in [0.05, 0.1) is 5.56 Å². The van der Waals surface area contributed by atoms with Crippen molar-refractivity contribution >= 4 is 11.6 Å². The lowest BCUT2D eigenvalue weighted by atomic mass is 10.1. The summed E-state index contributed by atoms with van der Waals surface area (Å²) in [6.45, 7) is 9.80. The first kappa shape index (κ1) is 16.4. The summed E-state index contributed by atoms with van der Waals surface area (Å²) in [5.74, 6) is -0.709. The van der Waals surface area contributed by atoms with Crippen LogP contribution in [0, 0.1) is 5.82 Å². The second-order valence-corrected chi connectivity index (χ2v) is 5.41. The summed E-state index contributed by atoms with van der Waals surface area (Å²) in [5, 5.41) is 2.82. The van der Waals surface area contributed by atoms with E-state index < -0.39 is 5.82 Å². The number of carbonyl (C=O) groups excluding carboxylic acids is 1. The third-order valence-corrected chi connectivity index (χ3v) is 3.24. The Morgan fingerprint density at radius 1 is 1.30 bits per heavy atom. The number of halogens is 1. The highest BCUT2D eigenvalue weighted by molar-refractivity contribution is 5.99. The molecule has 0 aromatic heterocycles. The minimum atomic E-state index is -0.440. The summed E-state index contributed by atoms with van der Waals surface area (Å²) in [4.78, 5) is 14.3. The molecule has 20 heavy (non-hydrogen) atoms. The van der Waals surface area contributed by atoms with Crippen molar-refractivity contribution in [2.24, 2.45) is 0 Å². The zero-order valence-electron chi connectivity index (χ0n) is 12.6. The zero-order chi connectivity index (χ0) is 15.3. The van der Waals surface area contributed by atoms with Gasteiger partial charge < -0.3 is 11.1 Å². The summed E-state index contributed by atoms with van der Waals surface area (Å²) >= 11 is 0. The van der Waals surface area contributed by atoms with E-state index in [4.69, 9.17) is 5.73 Å². The van der Waals surface area contributed by atoms with E-state index in [1.54, 1.807) is 0 Å². The zero-order valence-corrected chi connectivity index (χ0v) is 12.6. The fourth-order valence-electron chi connectivity index (χ4n) is 2.25. The maximum atomic E-state index is 12.9. The molecule has 0 saturated heterocycles. The number of nitrogens with two attached hydrogens (primary N) is 1. The van der Waals surface area contributed by atoms with Gasteiger partial charge >= 0.3 is 0 Å². The molecule has 1 rings (SSSR count). The number of nitrogens with one attached hydrogen (secondary N) is 1. The lowest BCUT2D eigenvalue weighted by Crippen LogP contribution is -2.42.